The maximum absolute atomic E-state index is 12.8. The van der Waals surface area contributed by atoms with Gasteiger partial charge in [-0.05, 0) is 50.5 Å². The van der Waals surface area contributed by atoms with Crippen molar-refractivity contribution in [2.24, 2.45) is 0 Å². The van der Waals surface area contributed by atoms with E-state index in [1.165, 1.54) is 31.4 Å². The summed E-state index contributed by atoms with van der Waals surface area (Å²) in [7, 11) is 0. The van der Waals surface area contributed by atoms with Gasteiger partial charge in [-0.25, -0.2) is 4.39 Å². The van der Waals surface area contributed by atoms with Crippen LogP contribution in [0.1, 0.15) is 36.5 Å². The molecule has 1 aromatic rings. The lowest BCUT2D eigenvalue weighted by molar-refractivity contribution is -0.923. The Labute approximate surface area is 108 Å². The molecule has 2 rings (SSSR count). The first-order valence-corrected chi connectivity index (χ1v) is 6.79. The highest BCUT2D eigenvalue weighted by Gasteiger charge is 2.30. The van der Waals surface area contributed by atoms with Crippen LogP contribution in [-0.4, -0.2) is 36.4 Å². The van der Waals surface area contributed by atoms with Gasteiger partial charge < -0.3 is 4.48 Å². The van der Waals surface area contributed by atoms with Gasteiger partial charge in [-0.2, -0.15) is 0 Å². The molecule has 0 saturated carbocycles. The minimum absolute atomic E-state index is 0.138. The van der Waals surface area contributed by atoms with Crippen LogP contribution in [0.25, 0.3) is 0 Å². The summed E-state index contributed by atoms with van der Waals surface area (Å²) in [5.41, 5.74) is 0.632. The van der Waals surface area contributed by atoms with Crippen LogP contribution < -0.4 is 0 Å². The van der Waals surface area contributed by atoms with Gasteiger partial charge in [0.25, 0.3) is 0 Å². The number of likely N-dealkylation sites (tertiary alicyclic amines) is 1. The van der Waals surface area contributed by atoms with Crippen molar-refractivity contribution in [2.75, 3.05) is 26.2 Å². The number of carbonyl (C=O) groups is 1. The molecule has 1 aliphatic heterocycles. The van der Waals surface area contributed by atoms with E-state index in [1.54, 1.807) is 12.1 Å². The zero-order chi connectivity index (χ0) is 13.0. The zero-order valence-electron chi connectivity index (χ0n) is 11.0. The van der Waals surface area contributed by atoms with E-state index in [0.717, 1.165) is 24.1 Å². The predicted molar refractivity (Wildman–Crippen MR) is 70.0 cm³/mol. The number of nitrogens with zero attached hydrogens (tertiary/aromatic N) is 1. The summed E-state index contributed by atoms with van der Waals surface area (Å²) in [6.07, 6.45) is 3.71. The zero-order valence-corrected chi connectivity index (χ0v) is 11.0. The molecular weight excluding hydrogens is 229 g/mol. The van der Waals surface area contributed by atoms with Gasteiger partial charge >= 0.3 is 0 Å². The summed E-state index contributed by atoms with van der Waals surface area (Å²) in [5.74, 6) is -0.150. The third-order valence-electron chi connectivity index (χ3n) is 4.08. The Morgan fingerprint density at radius 3 is 2.33 bits per heavy atom. The number of carbonyl (C=O) groups excluding carboxylic acids is 1. The number of piperidine rings is 1. The molecule has 1 aliphatic rings. The molecule has 18 heavy (non-hydrogen) atoms. The van der Waals surface area contributed by atoms with Crippen molar-refractivity contribution in [3.05, 3.63) is 35.6 Å². The van der Waals surface area contributed by atoms with E-state index < -0.39 is 0 Å². The molecule has 0 radical (unpaired) electrons. The number of hydrogen-bond acceptors (Lipinski definition) is 1. The quantitative estimate of drug-likeness (QED) is 0.593. The lowest BCUT2D eigenvalue weighted by atomic mass is 10.0. The lowest BCUT2D eigenvalue weighted by Crippen LogP contribution is -2.54. The number of halogens is 1. The van der Waals surface area contributed by atoms with Gasteiger partial charge in [0.1, 0.15) is 12.4 Å². The molecule has 0 aliphatic carbocycles. The Morgan fingerprint density at radius 1 is 1.17 bits per heavy atom. The van der Waals surface area contributed by atoms with E-state index in [4.69, 9.17) is 0 Å². The number of likely N-dealkylation sites (N-methyl/N-ethyl adjacent to an activating group) is 1. The van der Waals surface area contributed by atoms with Crippen LogP contribution in [-0.2, 0) is 0 Å². The molecule has 0 unspecified atom stereocenters. The maximum atomic E-state index is 12.8. The fraction of sp³-hybridized carbons (Fsp3) is 0.533. The number of rotatable bonds is 4. The van der Waals surface area contributed by atoms with E-state index in [-0.39, 0.29) is 11.6 Å². The number of quaternary nitrogens is 1. The van der Waals surface area contributed by atoms with E-state index >= 15 is 0 Å². The summed E-state index contributed by atoms with van der Waals surface area (Å²) >= 11 is 0. The van der Waals surface area contributed by atoms with Crippen molar-refractivity contribution in [3.8, 4) is 0 Å². The van der Waals surface area contributed by atoms with E-state index in [2.05, 4.69) is 6.92 Å². The summed E-state index contributed by atoms with van der Waals surface area (Å²) in [6.45, 7) is 5.92. The van der Waals surface area contributed by atoms with Crippen molar-refractivity contribution >= 4 is 5.78 Å². The van der Waals surface area contributed by atoms with Gasteiger partial charge in [0.15, 0.2) is 0 Å². The fourth-order valence-electron chi connectivity index (χ4n) is 2.80. The van der Waals surface area contributed by atoms with Crippen LogP contribution in [0.3, 0.4) is 0 Å². The summed E-state index contributed by atoms with van der Waals surface area (Å²) in [6, 6.07) is 5.90. The normalized spacial score (nSPS) is 18.6. The number of benzene rings is 1. The molecule has 0 bridgehead atoms. The predicted octanol–water partition coefficient (Wildman–Crippen LogP) is 3.03. The molecule has 2 nitrogen and oxygen atoms in total. The van der Waals surface area contributed by atoms with Gasteiger partial charge in [0.05, 0.1) is 19.6 Å². The minimum Gasteiger partial charge on any atom is -0.317 e. The van der Waals surface area contributed by atoms with E-state index in [0.29, 0.717) is 12.1 Å². The third kappa shape index (κ3) is 2.96. The number of ketones is 1. The monoisotopic (exact) mass is 250 g/mol. The summed E-state index contributed by atoms with van der Waals surface area (Å²) in [5, 5.41) is 0. The van der Waals surface area contributed by atoms with Crippen LogP contribution in [0.2, 0.25) is 0 Å². The third-order valence-corrected chi connectivity index (χ3v) is 4.08. The second-order valence-corrected chi connectivity index (χ2v) is 5.25. The molecule has 0 amide bonds. The SMILES string of the molecule is CC[N+]1(CC(=O)c2ccc(F)cc2)CCCCC1. The van der Waals surface area contributed by atoms with Gasteiger partial charge in [-0.15, -0.1) is 0 Å². The Morgan fingerprint density at radius 2 is 1.78 bits per heavy atom. The Bertz CT molecular complexity index is 407. The lowest BCUT2D eigenvalue weighted by Gasteiger charge is -2.40. The molecule has 0 N–H and O–H groups in total. The first kappa shape index (κ1) is 13.2. The standard InChI is InChI=1S/C15H21FNO/c1-2-17(10-4-3-5-11-17)12-15(18)13-6-8-14(16)9-7-13/h6-9H,2-5,10-12H2,1H3/q+1. The second kappa shape index (κ2) is 5.61. The average molecular weight is 250 g/mol. The van der Waals surface area contributed by atoms with Crippen LogP contribution >= 0.6 is 0 Å². The summed E-state index contributed by atoms with van der Waals surface area (Å²) < 4.78 is 13.7. The van der Waals surface area contributed by atoms with Crippen molar-refractivity contribution in [2.45, 2.75) is 26.2 Å². The topological polar surface area (TPSA) is 17.1 Å². The van der Waals surface area contributed by atoms with Crippen LogP contribution in [0.5, 0.6) is 0 Å². The smallest absolute Gasteiger partial charge is 0.216 e. The number of hydrogen-bond donors (Lipinski definition) is 0. The molecule has 1 saturated heterocycles. The Hall–Kier alpha value is -1.22. The molecule has 0 aromatic heterocycles. The first-order chi connectivity index (χ1) is 8.65. The van der Waals surface area contributed by atoms with Crippen molar-refractivity contribution in [1.82, 2.24) is 0 Å². The Kier molecular flexibility index (Phi) is 4.12. The summed E-state index contributed by atoms with van der Waals surface area (Å²) in [4.78, 5) is 12.3. The van der Waals surface area contributed by atoms with Gasteiger partial charge in [-0.3, -0.25) is 4.79 Å². The van der Waals surface area contributed by atoms with Crippen molar-refractivity contribution < 1.29 is 13.7 Å². The second-order valence-electron chi connectivity index (χ2n) is 5.25. The van der Waals surface area contributed by atoms with Crippen molar-refractivity contribution in [3.63, 3.8) is 0 Å². The first-order valence-electron chi connectivity index (χ1n) is 6.79. The Balaban J connectivity index is 2.07. The molecule has 1 aromatic carbocycles. The molecule has 1 heterocycles. The van der Waals surface area contributed by atoms with Gasteiger partial charge in [-0.1, -0.05) is 0 Å². The fourth-order valence-corrected chi connectivity index (χ4v) is 2.80. The van der Waals surface area contributed by atoms with E-state index in [9.17, 15) is 9.18 Å². The van der Waals surface area contributed by atoms with Crippen LogP contribution in [0, 0.1) is 5.82 Å². The molecule has 0 atom stereocenters. The van der Waals surface area contributed by atoms with Crippen LogP contribution in [0.4, 0.5) is 4.39 Å². The molecular formula is C15H21FNO+. The van der Waals surface area contributed by atoms with Gasteiger partial charge in [0, 0.05) is 5.56 Å². The largest absolute Gasteiger partial charge is 0.317 e. The minimum atomic E-state index is -0.288. The van der Waals surface area contributed by atoms with E-state index in [1.807, 2.05) is 0 Å². The highest BCUT2D eigenvalue weighted by molar-refractivity contribution is 5.96. The van der Waals surface area contributed by atoms with Crippen LogP contribution in [0.15, 0.2) is 24.3 Å². The van der Waals surface area contributed by atoms with Crippen molar-refractivity contribution in [1.29, 1.82) is 0 Å². The molecule has 3 heteroatoms. The highest BCUT2D eigenvalue weighted by atomic mass is 19.1. The maximum Gasteiger partial charge on any atom is 0.216 e. The molecule has 0 spiro atoms. The number of Topliss-reactive ketones (excluding diaryl/α,β-unsaturated/α-hetero) is 1. The molecule has 1 fully saturated rings. The molecule has 98 valence electrons. The highest BCUT2D eigenvalue weighted by Crippen LogP contribution is 2.19. The average Bonchev–Trinajstić information content (AvgIpc) is 2.40. The van der Waals surface area contributed by atoms with Gasteiger partial charge in [0.2, 0.25) is 5.78 Å².